The second kappa shape index (κ2) is 3.35. The number of hydrogen-bond donors (Lipinski definition) is 1. The minimum absolute atomic E-state index is 0.0258. The average Bonchev–Trinajstić information content (AvgIpc) is 2.44. The fourth-order valence-corrected chi connectivity index (χ4v) is 1.10. The average molecular weight is 181 g/mol. The fraction of sp³-hybridized carbons (Fsp3) is 0.222. The van der Waals surface area contributed by atoms with Gasteiger partial charge in [0, 0.05) is 13.2 Å². The molecule has 1 aromatic heterocycles. The molecule has 1 aromatic rings. The van der Waals surface area contributed by atoms with E-state index >= 15 is 0 Å². The summed E-state index contributed by atoms with van der Waals surface area (Å²) < 4.78 is 6.09. The van der Waals surface area contributed by atoms with E-state index in [-0.39, 0.29) is 11.3 Å². The highest BCUT2D eigenvalue weighted by atomic mass is 16.5. The molecule has 0 atom stereocenters. The Kier molecular flexibility index (Phi) is 2.41. The predicted molar refractivity (Wildman–Crippen MR) is 48.1 cm³/mol. The van der Waals surface area contributed by atoms with E-state index in [1.807, 2.05) is 0 Å². The number of aryl methyl sites for hydroxylation is 1. The van der Waals surface area contributed by atoms with Gasteiger partial charge in [0.15, 0.2) is 0 Å². The number of rotatable bonds is 2. The molecule has 0 unspecified atom stereocenters. The van der Waals surface area contributed by atoms with Crippen LogP contribution in [0.2, 0.25) is 0 Å². The van der Waals surface area contributed by atoms with E-state index in [2.05, 4.69) is 11.3 Å². The number of carbonyl (C=O) groups is 1. The number of methoxy groups -OCH3 is 1. The normalized spacial score (nSPS) is 9.69. The maximum atomic E-state index is 11.1. The summed E-state index contributed by atoms with van der Waals surface area (Å²) in [4.78, 5) is 11.1. The van der Waals surface area contributed by atoms with Gasteiger partial charge in [0.1, 0.15) is 5.75 Å². The second-order valence-corrected chi connectivity index (χ2v) is 2.63. The summed E-state index contributed by atoms with van der Waals surface area (Å²) in [5.41, 5.74) is 0.527. The summed E-state index contributed by atoms with van der Waals surface area (Å²) in [6, 6.07) is 1.49. The molecular weight excluding hydrogens is 170 g/mol. The summed E-state index contributed by atoms with van der Waals surface area (Å²) in [5.74, 6) is -0.519. The summed E-state index contributed by atoms with van der Waals surface area (Å²) in [5, 5.41) is 9.36. The van der Waals surface area contributed by atoms with Gasteiger partial charge in [0.25, 0.3) is 0 Å². The molecule has 13 heavy (non-hydrogen) atoms. The number of nitrogens with zero attached hydrogens (tertiary/aromatic N) is 1. The SMILES string of the molecule is C=C(C(=O)OC)c1c(O)ccn1C. The van der Waals surface area contributed by atoms with Gasteiger partial charge in [-0.1, -0.05) is 6.58 Å². The van der Waals surface area contributed by atoms with Gasteiger partial charge >= 0.3 is 5.97 Å². The molecule has 70 valence electrons. The lowest BCUT2D eigenvalue weighted by Gasteiger charge is -2.05. The van der Waals surface area contributed by atoms with E-state index in [1.54, 1.807) is 17.8 Å². The van der Waals surface area contributed by atoms with Crippen LogP contribution in [0.5, 0.6) is 5.75 Å². The lowest BCUT2D eigenvalue weighted by Crippen LogP contribution is -2.06. The third-order valence-electron chi connectivity index (χ3n) is 1.77. The lowest BCUT2D eigenvalue weighted by molar-refractivity contribution is -0.133. The molecule has 0 saturated carbocycles. The molecule has 0 aromatic carbocycles. The van der Waals surface area contributed by atoms with E-state index in [4.69, 9.17) is 0 Å². The van der Waals surface area contributed by atoms with E-state index in [0.717, 1.165) is 0 Å². The summed E-state index contributed by atoms with van der Waals surface area (Å²) >= 11 is 0. The van der Waals surface area contributed by atoms with Crippen molar-refractivity contribution in [3.8, 4) is 5.75 Å². The van der Waals surface area contributed by atoms with Crippen LogP contribution < -0.4 is 0 Å². The maximum absolute atomic E-state index is 11.1. The minimum atomic E-state index is -0.544. The zero-order valence-corrected chi connectivity index (χ0v) is 7.57. The van der Waals surface area contributed by atoms with Crippen molar-refractivity contribution >= 4 is 11.5 Å². The Balaban J connectivity index is 3.08. The summed E-state index contributed by atoms with van der Waals surface area (Å²) in [7, 11) is 2.98. The third kappa shape index (κ3) is 1.56. The first-order valence-corrected chi connectivity index (χ1v) is 3.69. The molecule has 0 fully saturated rings. The molecule has 0 radical (unpaired) electrons. The second-order valence-electron chi connectivity index (χ2n) is 2.63. The zero-order valence-electron chi connectivity index (χ0n) is 7.57. The molecule has 0 bridgehead atoms. The quantitative estimate of drug-likeness (QED) is 0.545. The van der Waals surface area contributed by atoms with Crippen molar-refractivity contribution in [1.29, 1.82) is 0 Å². The molecule has 4 nitrogen and oxygen atoms in total. The van der Waals surface area contributed by atoms with Crippen molar-refractivity contribution in [1.82, 2.24) is 4.57 Å². The van der Waals surface area contributed by atoms with Gasteiger partial charge < -0.3 is 14.4 Å². The number of hydrogen-bond acceptors (Lipinski definition) is 3. The Morgan fingerprint density at radius 3 is 2.69 bits per heavy atom. The topological polar surface area (TPSA) is 51.5 Å². The van der Waals surface area contributed by atoms with Crippen LogP contribution in [-0.4, -0.2) is 22.8 Å². The molecule has 1 rings (SSSR count). The van der Waals surface area contributed by atoms with Gasteiger partial charge in [0.05, 0.1) is 18.4 Å². The zero-order chi connectivity index (χ0) is 10.0. The van der Waals surface area contributed by atoms with E-state index < -0.39 is 5.97 Å². The highest BCUT2D eigenvalue weighted by Crippen LogP contribution is 2.24. The van der Waals surface area contributed by atoms with E-state index in [9.17, 15) is 9.90 Å². The van der Waals surface area contributed by atoms with Crippen molar-refractivity contribution in [2.75, 3.05) is 7.11 Å². The van der Waals surface area contributed by atoms with Crippen molar-refractivity contribution in [3.63, 3.8) is 0 Å². The number of aromatic nitrogens is 1. The first-order chi connectivity index (χ1) is 6.07. The Labute approximate surface area is 76.1 Å². The molecule has 0 aliphatic rings. The van der Waals surface area contributed by atoms with Crippen LogP contribution in [0.3, 0.4) is 0 Å². The van der Waals surface area contributed by atoms with Gasteiger partial charge in [-0.25, -0.2) is 4.79 Å². The number of aromatic hydroxyl groups is 1. The van der Waals surface area contributed by atoms with Gasteiger partial charge in [-0.05, 0) is 6.07 Å². The van der Waals surface area contributed by atoms with Crippen molar-refractivity contribution < 1.29 is 14.6 Å². The predicted octanol–water partition coefficient (Wildman–Crippen LogP) is 0.917. The van der Waals surface area contributed by atoms with Gasteiger partial charge in [-0.2, -0.15) is 0 Å². The molecule has 1 heterocycles. The van der Waals surface area contributed by atoms with Crippen LogP contribution in [0.1, 0.15) is 5.69 Å². The first-order valence-electron chi connectivity index (χ1n) is 3.69. The Morgan fingerprint density at radius 1 is 1.69 bits per heavy atom. The third-order valence-corrected chi connectivity index (χ3v) is 1.77. The van der Waals surface area contributed by atoms with Gasteiger partial charge in [-0.15, -0.1) is 0 Å². The first kappa shape index (κ1) is 9.38. The number of carbonyl (C=O) groups excluding carboxylic acids is 1. The fourth-order valence-electron chi connectivity index (χ4n) is 1.10. The summed E-state index contributed by atoms with van der Waals surface area (Å²) in [6.45, 7) is 3.53. The van der Waals surface area contributed by atoms with Crippen molar-refractivity contribution in [3.05, 3.63) is 24.5 Å². The molecular formula is C9H11NO3. The summed E-state index contributed by atoms with van der Waals surface area (Å²) in [6.07, 6.45) is 1.64. The standard InChI is InChI=1S/C9H11NO3/c1-6(9(12)13-3)8-7(11)4-5-10(8)2/h4-5,11H,1H2,2-3H3. The molecule has 0 aliphatic carbocycles. The van der Waals surface area contributed by atoms with Crippen molar-refractivity contribution in [2.45, 2.75) is 0 Å². The van der Waals surface area contributed by atoms with E-state index in [1.165, 1.54) is 13.2 Å². The monoisotopic (exact) mass is 181 g/mol. The van der Waals surface area contributed by atoms with Crippen LogP contribution in [0, 0.1) is 0 Å². The van der Waals surface area contributed by atoms with E-state index in [0.29, 0.717) is 5.69 Å². The molecule has 0 amide bonds. The largest absolute Gasteiger partial charge is 0.506 e. The Morgan fingerprint density at radius 2 is 2.31 bits per heavy atom. The van der Waals surface area contributed by atoms with Crippen LogP contribution in [0.25, 0.3) is 5.57 Å². The highest BCUT2D eigenvalue weighted by molar-refractivity contribution is 6.15. The molecule has 0 aliphatic heterocycles. The Hall–Kier alpha value is -1.71. The van der Waals surface area contributed by atoms with Crippen molar-refractivity contribution in [2.24, 2.45) is 7.05 Å². The number of esters is 1. The Bertz CT molecular complexity index is 332. The molecule has 1 N–H and O–H groups in total. The van der Waals surface area contributed by atoms with Gasteiger partial charge in [0.2, 0.25) is 0 Å². The lowest BCUT2D eigenvalue weighted by atomic mass is 10.2. The van der Waals surface area contributed by atoms with Crippen LogP contribution >= 0.6 is 0 Å². The number of ether oxygens (including phenoxy) is 1. The molecule has 0 spiro atoms. The minimum Gasteiger partial charge on any atom is -0.506 e. The van der Waals surface area contributed by atoms with Crippen LogP contribution in [0.4, 0.5) is 0 Å². The molecule has 4 heteroatoms. The van der Waals surface area contributed by atoms with Crippen LogP contribution in [-0.2, 0) is 16.6 Å². The smallest absolute Gasteiger partial charge is 0.339 e. The maximum Gasteiger partial charge on any atom is 0.339 e. The highest BCUT2D eigenvalue weighted by Gasteiger charge is 2.16. The molecule has 0 saturated heterocycles. The van der Waals surface area contributed by atoms with Gasteiger partial charge in [-0.3, -0.25) is 0 Å². The van der Waals surface area contributed by atoms with Crippen LogP contribution in [0.15, 0.2) is 18.8 Å².